The third kappa shape index (κ3) is 4.60. The molecule has 0 saturated carbocycles. The molecule has 3 N–H and O–H groups in total. The van der Waals surface area contributed by atoms with Crippen molar-refractivity contribution >= 4 is 27.5 Å². The van der Waals surface area contributed by atoms with Crippen LogP contribution in [0.3, 0.4) is 0 Å². The van der Waals surface area contributed by atoms with Crippen LogP contribution in [0.4, 0.5) is 8.78 Å². The van der Waals surface area contributed by atoms with E-state index in [9.17, 15) is 26.8 Å². The highest BCUT2D eigenvalue weighted by molar-refractivity contribution is 7.89. The zero-order valence-electron chi connectivity index (χ0n) is 15.6. The predicted octanol–water partition coefficient (Wildman–Crippen LogP) is 1.05. The van der Waals surface area contributed by atoms with Crippen LogP contribution in [-0.4, -0.2) is 36.2 Å². The van der Waals surface area contributed by atoms with Gasteiger partial charge in [-0.05, 0) is 37.3 Å². The average Bonchev–Trinajstić information content (AvgIpc) is 3.03. The lowest BCUT2D eigenvalue weighted by Crippen LogP contribution is -2.43. The number of carbonyl (C=O) groups excluding carboxylic acids is 2. The van der Waals surface area contributed by atoms with Gasteiger partial charge in [0, 0.05) is 19.2 Å². The van der Waals surface area contributed by atoms with E-state index in [-0.39, 0.29) is 18.7 Å². The zero-order chi connectivity index (χ0) is 21.9. The number of carbonyl (C=O) groups is 2. The zero-order valence-corrected chi connectivity index (χ0v) is 16.5. The molecule has 9 nitrogen and oxygen atoms in total. The van der Waals surface area contributed by atoms with Gasteiger partial charge in [-0.15, -0.1) is 0 Å². The molecule has 0 atom stereocenters. The second-order valence-electron chi connectivity index (χ2n) is 6.20. The molecule has 2 amide bonds. The number of amides is 2. The van der Waals surface area contributed by atoms with E-state index in [4.69, 9.17) is 0 Å². The summed E-state index contributed by atoms with van der Waals surface area (Å²) < 4.78 is 53.9. The maximum absolute atomic E-state index is 13.2. The molecule has 0 fully saturated rings. The van der Waals surface area contributed by atoms with Gasteiger partial charge in [0.15, 0.2) is 11.6 Å². The minimum Gasteiger partial charge on any atom is -0.295 e. The number of halogens is 2. The van der Waals surface area contributed by atoms with Crippen LogP contribution in [0.1, 0.15) is 22.6 Å². The average molecular weight is 437 g/mol. The molecule has 3 aromatic rings. The van der Waals surface area contributed by atoms with E-state index in [1.54, 1.807) is 35.7 Å². The van der Waals surface area contributed by atoms with Crippen LogP contribution in [0.15, 0.2) is 47.5 Å². The molecule has 0 unspecified atom stereocenters. The van der Waals surface area contributed by atoms with Crippen LogP contribution in [0, 0.1) is 18.6 Å². The largest absolute Gasteiger partial charge is 0.295 e. The SMILES string of the molecule is Cc1nc2ccccn2c1C(=O)NNC(=O)CCNS(=O)(=O)c1ccc(F)c(F)c1. The number of benzene rings is 1. The summed E-state index contributed by atoms with van der Waals surface area (Å²) in [6.07, 6.45) is 1.34. The maximum Gasteiger partial charge on any atom is 0.288 e. The summed E-state index contributed by atoms with van der Waals surface area (Å²) in [7, 11) is -4.13. The Morgan fingerprint density at radius 1 is 1.10 bits per heavy atom. The summed E-state index contributed by atoms with van der Waals surface area (Å²) in [4.78, 5) is 28.0. The second-order valence-corrected chi connectivity index (χ2v) is 7.97. The van der Waals surface area contributed by atoms with Crippen LogP contribution in [0.25, 0.3) is 5.65 Å². The Kier molecular flexibility index (Phi) is 6.08. The second kappa shape index (κ2) is 8.55. The number of imidazole rings is 1. The van der Waals surface area contributed by atoms with Gasteiger partial charge in [-0.2, -0.15) is 0 Å². The summed E-state index contributed by atoms with van der Waals surface area (Å²) in [5, 5.41) is 0. The molecule has 1 aromatic carbocycles. The molecule has 0 aliphatic rings. The van der Waals surface area contributed by atoms with Crippen LogP contribution in [0.2, 0.25) is 0 Å². The fraction of sp³-hybridized carbons (Fsp3) is 0.167. The minimum atomic E-state index is -4.13. The summed E-state index contributed by atoms with van der Waals surface area (Å²) >= 11 is 0. The van der Waals surface area contributed by atoms with Gasteiger partial charge in [0.1, 0.15) is 11.3 Å². The first-order valence-electron chi connectivity index (χ1n) is 8.66. The van der Waals surface area contributed by atoms with Gasteiger partial charge in [-0.25, -0.2) is 26.9 Å². The highest BCUT2D eigenvalue weighted by Crippen LogP contribution is 2.13. The molecular formula is C18H17F2N5O4S. The van der Waals surface area contributed by atoms with E-state index in [0.717, 1.165) is 6.07 Å². The Balaban J connectivity index is 1.53. The summed E-state index contributed by atoms with van der Waals surface area (Å²) in [5.41, 5.74) is 5.70. The normalized spacial score (nSPS) is 11.4. The molecule has 12 heteroatoms. The van der Waals surface area contributed by atoms with Gasteiger partial charge in [0.25, 0.3) is 5.91 Å². The van der Waals surface area contributed by atoms with Gasteiger partial charge >= 0.3 is 0 Å². The predicted molar refractivity (Wildman–Crippen MR) is 102 cm³/mol. The fourth-order valence-electron chi connectivity index (χ4n) is 2.66. The first-order valence-corrected chi connectivity index (χ1v) is 10.1. The monoisotopic (exact) mass is 437 g/mol. The highest BCUT2D eigenvalue weighted by Gasteiger charge is 2.18. The number of hydrogen-bond acceptors (Lipinski definition) is 5. The van der Waals surface area contributed by atoms with Crippen LogP contribution >= 0.6 is 0 Å². The van der Waals surface area contributed by atoms with E-state index < -0.39 is 38.4 Å². The molecule has 0 spiro atoms. The molecular weight excluding hydrogens is 420 g/mol. The van der Waals surface area contributed by atoms with Crippen molar-refractivity contribution in [2.45, 2.75) is 18.2 Å². The number of aryl methyl sites for hydroxylation is 1. The highest BCUT2D eigenvalue weighted by atomic mass is 32.2. The number of rotatable bonds is 6. The number of nitrogens with one attached hydrogen (secondary N) is 3. The van der Waals surface area contributed by atoms with E-state index in [2.05, 4.69) is 20.6 Å². The van der Waals surface area contributed by atoms with Gasteiger partial charge in [0.2, 0.25) is 15.9 Å². The first kappa shape index (κ1) is 21.3. The number of sulfonamides is 1. The molecule has 30 heavy (non-hydrogen) atoms. The van der Waals surface area contributed by atoms with Crippen molar-refractivity contribution < 1.29 is 26.8 Å². The fourth-order valence-corrected chi connectivity index (χ4v) is 3.70. The Bertz CT molecular complexity index is 1230. The standard InChI is InChI=1S/C18H17F2N5O4S/c1-11-17(25-9-3-2-4-15(25)22-11)18(27)24-23-16(26)7-8-21-30(28,29)12-5-6-13(19)14(20)10-12/h2-6,9-10,21H,7-8H2,1H3,(H,23,26)(H,24,27). The number of aromatic nitrogens is 2. The van der Waals surface area contributed by atoms with E-state index in [1.165, 1.54) is 0 Å². The first-order chi connectivity index (χ1) is 14.2. The van der Waals surface area contributed by atoms with Crippen molar-refractivity contribution in [2.75, 3.05) is 6.54 Å². The van der Waals surface area contributed by atoms with Crippen LogP contribution in [-0.2, 0) is 14.8 Å². The lowest BCUT2D eigenvalue weighted by molar-refractivity contribution is -0.121. The summed E-state index contributed by atoms with van der Waals surface area (Å²) in [6, 6.07) is 7.35. The van der Waals surface area contributed by atoms with Crippen molar-refractivity contribution in [1.29, 1.82) is 0 Å². The number of nitrogens with zero attached hydrogens (tertiary/aromatic N) is 2. The Hall–Kier alpha value is -3.38. The molecule has 0 saturated heterocycles. The molecule has 158 valence electrons. The van der Waals surface area contributed by atoms with Crippen molar-refractivity contribution in [3.63, 3.8) is 0 Å². The van der Waals surface area contributed by atoms with Crippen molar-refractivity contribution in [3.8, 4) is 0 Å². The Labute approximate surface area is 170 Å². The molecule has 0 aliphatic carbocycles. The van der Waals surface area contributed by atoms with Crippen LogP contribution < -0.4 is 15.6 Å². The molecule has 3 rings (SSSR count). The van der Waals surface area contributed by atoms with Gasteiger partial charge in [-0.1, -0.05) is 6.07 Å². The van der Waals surface area contributed by atoms with E-state index >= 15 is 0 Å². The molecule has 2 aromatic heterocycles. The Morgan fingerprint density at radius 3 is 2.60 bits per heavy atom. The van der Waals surface area contributed by atoms with Crippen LogP contribution in [0.5, 0.6) is 0 Å². The van der Waals surface area contributed by atoms with E-state index in [1.807, 2.05) is 0 Å². The van der Waals surface area contributed by atoms with Gasteiger partial charge in [0.05, 0.1) is 10.6 Å². The van der Waals surface area contributed by atoms with Crippen molar-refractivity contribution in [2.24, 2.45) is 0 Å². The Morgan fingerprint density at radius 2 is 1.87 bits per heavy atom. The minimum absolute atomic E-state index is 0.241. The van der Waals surface area contributed by atoms with Crippen molar-refractivity contribution in [3.05, 3.63) is 65.6 Å². The summed E-state index contributed by atoms with van der Waals surface area (Å²) in [6.45, 7) is 1.33. The quantitative estimate of drug-likeness (QED) is 0.498. The third-order valence-corrected chi connectivity index (χ3v) is 5.54. The topological polar surface area (TPSA) is 122 Å². The smallest absolute Gasteiger partial charge is 0.288 e. The molecule has 0 aliphatic heterocycles. The summed E-state index contributed by atoms with van der Waals surface area (Å²) in [5.74, 6) is -3.74. The maximum atomic E-state index is 13.2. The number of fused-ring (bicyclic) bond motifs is 1. The molecule has 0 bridgehead atoms. The van der Waals surface area contributed by atoms with E-state index in [0.29, 0.717) is 23.5 Å². The number of hydrazine groups is 1. The van der Waals surface area contributed by atoms with Gasteiger partial charge in [-0.3, -0.25) is 24.8 Å². The van der Waals surface area contributed by atoms with Gasteiger partial charge < -0.3 is 0 Å². The number of hydrogen-bond donors (Lipinski definition) is 3. The lowest BCUT2D eigenvalue weighted by atomic mass is 10.3. The third-order valence-electron chi connectivity index (χ3n) is 4.08. The van der Waals surface area contributed by atoms with Crippen molar-refractivity contribution in [1.82, 2.24) is 25.0 Å². The lowest BCUT2D eigenvalue weighted by Gasteiger charge is -2.09. The number of pyridine rings is 1. The molecule has 2 heterocycles. The molecule has 0 radical (unpaired) electrons.